The molecule has 2 heterocycles. The molecule has 0 saturated heterocycles. The van der Waals surface area contributed by atoms with Gasteiger partial charge in [-0.05, 0) is 24.3 Å². The molecular formula is C15H8O3. The van der Waals surface area contributed by atoms with Crippen LogP contribution in [0.2, 0.25) is 0 Å². The fraction of sp³-hybridized carbons (Fsp3) is 0. The van der Waals surface area contributed by atoms with E-state index in [2.05, 4.69) is 0 Å². The van der Waals surface area contributed by atoms with Crippen LogP contribution in [0, 0.1) is 0 Å². The number of hydrogen-bond acceptors (Lipinski definition) is 3. The highest BCUT2D eigenvalue weighted by molar-refractivity contribution is 6.18. The normalized spacial score (nSPS) is 11.6. The second-order valence-corrected chi connectivity index (χ2v) is 4.22. The molecule has 4 rings (SSSR count). The summed E-state index contributed by atoms with van der Waals surface area (Å²) in [5.41, 5.74) is 2.35. The fourth-order valence-corrected chi connectivity index (χ4v) is 2.41. The number of carbonyl (C=O) groups is 1. The van der Waals surface area contributed by atoms with Gasteiger partial charge in [0.15, 0.2) is 12.0 Å². The lowest BCUT2D eigenvalue weighted by atomic mass is 10.1. The number of benzene rings is 2. The molecule has 2 aromatic heterocycles. The van der Waals surface area contributed by atoms with Crippen LogP contribution in [0.4, 0.5) is 0 Å². The summed E-state index contributed by atoms with van der Waals surface area (Å²) in [4.78, 5) is 10.8. The van der Waals surface area contributed by atoms with Gasteiger partial charge in [-0.3, -0.25) is 4.79 Å². The van der Waals surface area contributed by atoms with Crippen molar-refractivity contribution in [1.29, 1.82) is 0 Å². The summed E-state index contributed by atoms with van der Waals surface area (Å²) in [6.45, 7) is 0. The number of hydrogen-bond donors (Lipinski definition) is 0. The quantitative estimate of drug-likeness (QED) is 0.466. The Balaban J connectivity index is 2.31. The molecule has 0 amide bonds. The van der Waals surface area contributed by atoms with E-state index in [9.17, 15) is 4.79 Å². The Morgan fingerprint density at radius 3 is 2.50 bits per heavy atom. The van der Waals surface area contributed by atoms with E-state index in [0.29, 0.717) is 17.6 Å². The molecule has 0 saturated carbocycles. The van der Waals surface area contributed by atoms with Gasteiger partial charge in [0.2, 0.25) is 0 Å². The molecule has 0 fully saturated rings. The van der Waals surface area contributed by atoms with Crippen LogP contribution >= 0.6 is 0 Å². The summed E-state index contributed by atoms with van der Waals surface area (Å²) in [5.74, 6) is 0.336. The minimum Gasteiger partial charge on any atom is -0.456 e. The molecule has 3 heteroatoms. The molecule has 2 aromatic carbocycles. The molecule has 3 nitrogen and oxygen atoms in total. The minimum atomic E-state index is 0.336. The van der Waals surface area contributed by atoms with Crippen molar-refractivity contribution in [1.82, 2.24) is 0 Å². The number of rotatable bonds is 1. The van der Waals surface area contributed by atoms with Crippen molar-refractivity contribution >= 4 is 39.2 Å². The standard InChI is InChI=1S/C15H8O3/c16-8-9-7-11-13(17-9)5-6-14-15(11)10-3-1-2-4-12(10)18-14/h1-8H. The third-order valence-corrected chi connectivity index (χ3v) is 3.17. The highest BCUT2D eigenvalue weighted by atomic mass is 16.3. The third kappa shape index (κ3) is 1.10. The first-order valence-corrected chi connectivity index (χ1v) is 5.66. The van der Waals surface area contributed by atoms with E-state index in [1.165, 1.54) is 0 Å². The van der Waals surface area contributed by atoms with Crippen LogP contribution in [-0.2, 0) is 0 Å². The molecule has 4 aromatic rings. The number of fused-ring (bicyclic) bond motifs is 5. The van der Waals surface area contributed by atoms with E-state index in [0.717, 1.165) is 27.3 Å². The molecule has 0 aliphatic carbocycles. The molecule has 0 spiro atoms. The summed E-state index contributed by atoms with van der Waals surface area (Å²) >= 11 is 0. The smallest absolute Gasteiger partial charge is 0.185 e. The largest absolute Gasteiger partial charge is 0.456 e. The first-order chi connectivity index (χ1) is 8.86. The molecule has 0 N–H and O–H groups in total. The average Bonchev–Trinajstić information content (AvgIpc) is 2.98. The fourth-order valence-electron chi connectivity index (χ4n) is 2.41. The van der Waals surface area contributed by atoms with Crippen molar-refractivity contribution in [2.75, 3.05) is 0 Å². The molecule has 0 bridgehead atoms. The number of para-hydroxylation sites is 1. The molecule has 0 aliphatic rings. The predicted molar refractivity (Wildman–Crippen MR) is 68.9 cm³/mol. The SMILES string of the molecule is O=Cc1cc2c(ccc3oc4ccccc4c32)o1. The van der Waals surface area contributed by atoms with Gasteiger partial charge in [0.1, 0.15) is 16.7 Å². The third-order valence-electron chi connectivity index (χ3n) is 3.17. The average molecular weight is 236 g/mol. The van der Waals surface area contributed by atoms with Crippen molar-refractivity contribution in [3.05, 3.63) is 48.2 Å². The zero-order chi connectivity index (χ0) is 12.1. The van der Waals surface area contributed by atoms with Gasteiger partial charge in [-0.2, -0.15) is 0 Å². The Hall–Kier alpha value is -2.55. The van der Waals surface area contributed by atoms with Gasteiger partial charge in [0, 0.05) is 16.2 Å². The van der Waals surface area contributed by atoms with Crippen molar-refractivity contribution in [3.63, 3.8) is 0 Å². The zero-order valence-electron chi connectivity index (χ0n) is 9.34. The summed E-state index contributed by atoms with van der Waals surface area (Å²) in [5, 5.41) is 2.95. The molecule has 0 aliphatic heterocycles. The molecule has 0 radical (unpaired) electrons. The van der Waals surface area contributed by atoms with Gasteiger partial charge in [-0.15, -0.1) is 0 Å². The highest BCUT2D eigenvalue weighted by Gasteiger charge is 2.12. The number of carbonyl (C=O) groups excluding carboxylic acids is 1. The van der Waals surface area contributed by atoms with Gasteiger partial charge in [0.25, 0.3) is 0 Å². The van der Waals surface area contributed by atoms with Crippen LogP contribution in [0.3, 0.4) is 0 Å². The summed E-state index contributed by atoms with van der Waals surface area (Å²) in [6.07, 6.45) is 0.716. The summed E-state index contributed by atoms with van der Waals surface area (Å²) in [6, 6.07) is 13.3. The second kappa shape index (κ2) is 3.23. The van der Waals surface area contributed by atoms with Crippen LogP contribution < -0.4 is 0 Å². The first-order valence-electron chi connectivity index (χ1n) is 5.66. The van der Waals surface area contributed by atoms with E-state index in [-0.39, 0.29) is 0 Å². The molecular weight excluding hydrogens is 228 g/mol. The van der Waals surface area contributed by atoms with E-state index < -0.39 is 0 Å². The van der Waals surface area contributed by atoms with Gasteiger partial charge in [0.05, 0.1) is 0 Å². The van der Waals surface area contributed by atoms with Gasteiger partial charge >= 0.3 is 0 Å². The second-order valence-electron chi connectivity index (χ2n) is 4.22. The van der Waals surface area contributed by atoms with Crippen LogP contribution in [0.1, 0.15) is 10.6 Å². The van der Waals surface area contributed by atoms with Crippen LogP contribution in [0.5, 0.6) is 0 Å². The maximum atomic E-state index is 10.8. The zero-order valence-corrected chi connectivity index (χ0v) is 9.34. The number of aldehydes is 1. The van der Waals surface area contributed by atoms with E-state index in [4.69, 9.17) is 8.83 Å². The van der Waals surface area contributed by atoms with Crippen molar-refractivity contribution < 1.29 is 13.6 Å². The lowest BCUT2D eigenvalue weighted by molar-refractivity contribution is 0.110. The Morgan fingerprint density at radius 1 is 0.833 bits per heavy atom. The van der Waals surface area contributed by atoms with E-state index >= 15 is 0 Å². The van der Waals surface area contributed by atoms with Crippen LogP contribution in [-0.4, -0.2) is 6.29 Å². The topological polar surface area (TPSA) is 43.4 Å². The monoisotopic (exact) mass is 236 g/mol. The lowest BCUT2D eigenvalue weighted by Gasteiger charge is -1.90. The Kier molecular flexibility index (Phi) is 1.70. The lowest BCUT2D eigenvalue weighted by Crippen LogP contribution is -1.68. The molecule has 0 atom stereocenters. The maximum Gasteiger partial charge on any atom is 0.185 e. The Bertz CT molecular complexity index is 896. The minimum absolute atomic E-state index is 0.336. The van der Waals surface area contributed by atoms with Gasteiger partial charge in [-0.25, -0.2) is 0 Å². The van der Waals surface area contributed by atoms with Crippen molar-refractivity contribution in [2.45, 2.75) is 0 Å². The van der Waals surface area contributed by atoms with Gasteiger partial charge in [-0.1, -0.05) is 18.2 Å². The van der Waals surface area contributed by atoms with E-state index in [1.807, 2.05) is 36.4 Å². The van der Waals surface area contributed by atoms with E-state index in [1.54, 1.807) is 6.07 Å². The van der Waals surface area contributed by atoms with Crippen LogP contribution in [0.25, 0.3) is 32.9 Å². The van der Waals surface area contributed by atoms with Crippen LogP contribution in [0.15, 0.2) is 51.3 Å². The summed E-state index contributed by atoms with van der Waals surface area (Å²) in [7, 11) is 0. The number of furan rings is 2. The summed E-state index contributed by atoms with van der Waals surface area (Å²) < 4.78 is 11.2. The predicted octanol–water partition coefficient (Wildman–Crippen LogP) is 4.14. The van der Waals surface area contributed by atoms with Crippen molar-refractivity contribution in [3.8, 4) is 0 Å². The highest BCUT2D eigenvalue weighted by Crippen LogP contribution is 2.35. The molecule has 18 heavy (non-hydrogen) atoms. The Morgan fingerprint density at radius 2 is 1.61 bits per heavy atom. The van der Waals surface area contributed by atoms with Crippen molar-refractivity contribution in [2.24, 2.45) is 0 Å². The van der Waals surface area contributed by atoms with Gasteiger partial charge < -0.3 is 8.83 Å². The maximum absolute atomic E-state index is 10.8. The Labute approximate surface area is 102 Å². The molecule has 86 valence electrons. The first kappa shape index (κ1) is 9.48. The molecule has 0 unspecified atom stereocenters.